The maximum absolute atomic E-state index is 5.97. The van der Waals surface area contributed by atoms with E-state index in [-0.39, 0.29) is 6.79 Å². The molecule has 1 aliphatic heterocycles. The minimum atomic E-state index is 0.273. The van der Waals surface area contributed by atoms with Gasteiger partial charge in [-0.3, -0.25) is 0 Å². The summed E-state index contributed by atoms with van der Waals surface area (Å²) in [7, 11) is 0. The first-order valence-electron chi connectivity index (χ1n) is 9.20. The Bertz CT molecular complexity index is 1330. The molecular weight excluding hydrogens is 386 g/mol. The molecule has 1 aliphatic rings. The van der Waals surface area contributed by atoms with Gasteiger partial charge >= 0.3 is 0 Å². The lowest BCUT2D eigenvalue weighted by molar-refractivity contribution is 0.174. The number of rotatable bonds is 4. The third kappa shape index (κ3) is 2.87. The van der Waals surface area contributed by atoms with Crippen molar-refractivity contribution in [2.24, 2.45) is 0 Å². The summed E-state index contributed by atoms with van der Waals surface area (Å²) in [5.74, 6) is 3.57. The number of nitrogens with zero attached hydrogens (tertiary/aromatic N) is 2. The normalized spacial score (nSPS) is 12.7. The number of aromatic nitrogens is 2. The third-order valence-corrected chi connectivity index (χ3v) is 5.76. The van der Waals surface area contributed by atoms with Crippen LogP contribution in [0.1, 0.15) is 5.56 Å². The van der Waals surface area contributed by atoms with Crippen LogP contribution < -0.4 is 14.8 Å². The number of para-hydroxylation sites is 1. The molecule has 3 aromatic heterocycles. The van der Waals surface area contributed by atoms with Crippen LogP contribution in [0.3, 0.4) is 0 Å². The van der Waals surface area contributed by atoms with Gasteiger partial charge in [-0.1, -0.05) is 24.3 Å². The van der Waals surface area contributed by atoms with Crippen LogP contribution in [0.4, 0.5) is 5.82 Å². The van der Waals surface area contributed by atoms with Gasteiger partial charge in [-0.2, -0.15) is 0 Å². The van der Waals surface area contributed by atoms with Crippen LogP contribution in [0.5, 0.6) is 11.5 Å². The van der Waals surface area contributed by atoms with Crippen molar-refractivity contribution in [3.8, 4) is 23.1 Å². The number of hydrogen-bond acceptors (Lipinski definition) is 7. The van der Waals surface area contributed by atoms with Gasteiger partial charge in [0.05, 0.1) is 10.2 Å². The van der Waals surface area contributed by atoms with Crippen molar-refractivity contribution < 1.29 is 13.9 Å². The molecule has 0 saturated heterocycles. The number of fused-ring (bicyclic) bond motifs is 3. The van der Waals surface area contributed by atoms with Crippen molar-refractivity contribution in [2.75, 3.05) is 12.1 Å². The molecule has 6 nitrogen and oxygen atoms in total. The number of thiophene rings is 1. The van der Waals surface area contributed by atoms with E-state index in [1.807, 2.05) is 60.0 Å². The van der Waals surface area contributed by atoms with Gasteiger partial charge in [0.15, 0.2) is 23.1 Å². The first-order chi connectivity index (χ1) is 14.3. The van der Waals surface area contributed by atoms with E-state index < -0.39 is 0 Å². The highest BCUT2D eigenvalue weighted by Gasteiger charge is 2.16. The zero-order valence-electron chi connectivity index (χ0n) is 15.2. The van der Waals surface area contributed by atoms with E-state index in [4.69, 9.17) is 23.9 Å². The third-order valence-electron chi connectivity index (χ3n) is 4.85. The number of anilines is 1. The molecule has 0 saturated carbocycles. The Hall–Kier alpha value is -3.58. The lowest BCUT2D eigenvalue weighted by Gasteiger charge is -2.09. The molecule has 0 atom stereocenters. The Kier molecular flexibility index (Phi) is 3.67. The van der Waals surface area contributed by atoms with Crippen LogP contribution in [0, 0.1) is 0 Å². The maximum Gasteiger partial charge on any atom is 0.231 e. The van der Waals surface area contributed by atoms with Crippen molar-refractivity contribution >= 4 is 38.3 Å². The minimum Gasteiger partial charge on any atom is -0.454 e. The van der Waals surface area contributed by atoms with Crippen LogP contribution in [0.15, 0.2) is 64.4 Å². The molecular formula is C22H15N3O3S. The summed E-state index contributed by atoms with van der Waals surface area (Å²) in [6.07, 6.45) is 0. The SMILES string of the molecule is c1ccc2oc(-c3nc(NCc4ccc5c(c4)OCO5)c4sccc4n3)cc2c1. The smallest absolute Gasteiger partial charge is 0.231 e. The molecule has 0 radical (unpaired) electrons. The summed E-state index contributed by atoms with van der Waals surface area (Å²) in [6, 6.07) is 17.8. The van der Waals surface area contributed by atoms with E-state index in [0.29, 0.717) is 18.1 Å². The standard InChI is InChI=1S/C22H15N3O3S/c1-2-4-16-14(3-1)10-19(28-16)21-24-15-7-8-29-20(15)22(25-21)23-11-13-5-6-17-18(9-13)27-12-26-17/h1-10H,11-12H2,(H,23,24,25). The van der Waals surface area contributed by atoms with Gasteiger partial charge in [0.25, 0.3) is 0 Å². The number of hydrogen-bond donors (Lipinski definition) is 1. The van der Waals surface area contributed by atoms with Gasteiger partial charge in [0.2, 0.25) is 6.79 Å². The monoisotopic (exact) mass is 401 g/mol. The van der Waals surface area contributed by atoms with Crippen LogP contribution in [-0.2, 0) is 6.54 Å². The Morgan fingerprint density at radius 3 is 2.86 bits per heavy atom. The van der Waals surface area contributed by atoms with Gasteiger partial charge < -0.3 is 19.2 Å². The molecule has 4 heterocycles. The summed E-state index contributed by atoms with van der Waals surface area (Å²) in [5, 5.41) is 6.50. The largest absolute Gasteiger partial charge is 0.454 e. The predicted molar refractivity (Wildman–Crippen MR) is 113 cm³/mol. The van der Waals surface area contributed by atoms with E-state index in [9.17, 15) is 0 Å². The first kappa shape index (κ1) is 16.4. The van der Waals surface area contributed by atoms with Crippen molar-refractivity contribution in [3.05, 3.63) is 65.5 Å². The average Bonchev–Trinajstić information content (AvgIpc) is 3.49. The van der Waals surface area contributed by atoms with Crippen molar-refractivity contribution in [3.63, 3.8) is 0 Å². The molecule has 6 rings (SSSR count). The molecule has 29 heavy (non-hydrogen) atoms. The molecule has 1 N–H and O–H groups in total. The second kappa shape index (κ2) is 6.49. The lowest BCUT2D eigenvalue weighted by Crippen LogP contribution is -2.03. The number of furan rings is 1. The molecule has 0 unspecified atom stereocenters. The second-order valence-corrected chi connectivity index (χ2v) is 7.64. The van der Waals surface area contributed by atoms with E-state index >= 15 is 0 Å². The average molecular weight is 401 g/mol. The van der Waals surface area contributed by atoms with E-state index in [1.165, 1.54) is 0 Å². The Morgan fingerprint density at radius 1 is 0.966 bits per heavy atom. The van der Waals surface area contributed by atoms with Crippen molar-refractivity contribution in [2.45, 2.75) is 6.54 Å². The number of nitrogens with one attached hydrogen (secondary N) is 1. The van der Waals surface area contributed by atoms with Gasteiger partial charge in [-0.25, -0.2) is 9.97 Å². The minimum absolute atomic E-state index is 0.273. The van der Waals surface area contributed by atoms with Crippen molar-refractivity contribution in [1.29, 1.82) is 0 Å². The van der Waals surface area contributed by atoms with Crippen molar-refractivity contribution in [1.82, 2.24) is 9.97 Å². The van der Waals surface area contributed by atoms with Gasteiger partial charge in [0, 0.05) is 11.9 Å². The Balaban J connectivity index is 1.36. The van der Waals surface area contributed by atoms with Crippen LogP contribution in [0.25, 0.3) is 32.8 Å². The number of benzene rings is 2. The van der Waals surface area contributed by atoms with E-state index in [0.717, 1.165) is 44.1 Å². The zero-order valence-corrected chi connectivity index (χ0v) is 16.0. The highest BCUT2D eigenvalue weighted by molar-refractivity contribution is 7.17. The maximum atomic E-state index is 5.97. The molecule has 142 valence electrons. The number of ether oxygens (including phenoxy) is 2. The molecule has 7 heteroatoms. The molecule has 0 spiro atoms. The molecule has 0 aliphatic carbocycles. The fourth-order valence-electron chi connectivity index (χ4n) is 3.42. The van der Waals surface area contributed by atoms with Crippen LogP contribution in [0.2, 0.25) is 0 Å². The molecule has 5 aromatic rings. The molecule has 0 bridgehead atoms. The topological polar surface area (TPSA) is 69.4 Å². The summed E-state index contributed by atoms with van der Waals surface area (Å²) < 4.78 is 17.8. The molecule has 2 aromatic carbocycles. The first-order valence-corrected chi connectivity index (χ1v) is 10.1. The Morgan fingerprint density at radius 2 is 1.90 bits per heavy atom. The zero-order chi connectivity index (χ0) is 19.2. The van der Waals surface area contributed by atoms with E-state index in [1.54, 1.807) is 11.3 Å². The Labute approximate surface area is 169 Å². The van der Waals surface area contributed by atoms with Crippen LogP contribution >= 0.6 is 11.3 Å². The summed E-state index contributed by atoms with van der Waals surface area (Å²) in [5.41, 5.74) is 2.81. The highest BCUT2D eigenvalue weighted by Crippen LogP contribution is 2.34. The highest BCUT2D eigenvalue weighted by atomic mass is 32.1. The van der Waals surface area contributed by atoms with Gasteiger partial charge in [-0.05, 0) is 41.3 Å². The van der Waals surface area contributed by atoms with E-state index in [2.05, 4.69) is 5.32 Å². The fraction of sp³-hybridized carbons (Fsp3) is 0.0909. The van der Waals surface area contributed by atoms with Gasteiger partial charge in [0.1, 0.15) is 11.4 Å². The summed E-state index contributed by atoms with van der Waals surface area (Å²) in [4.78, 5) is 9.46. The summed E-state index contributed by atoms with van der Waals surface area (Å²) >= 11 is 1.62. The molecule has 0 fully saturated rings. The van der Waals surface area contributed by atoms with Gasteiger partial charge in [-0.15, -0.1) is 11.3 Å². The molecule has 0 amide bonds. The summed E-state index contributed by atoms with van der Waals surface area (Å²) in [6.45, 7) is 0.884. The van der Waals surface area contributed by atoms with Crippen LogP contribution in [-0.4, -0.2) is 16.8 Å². The predicted octanol–water partition coefficient (Wildman–Crippen LogP) is 5.45. The quantitative estimate of drug-likeness (QED) is 0.432. The fourth-order valence-corrected chi connectivity index (χ4v) is 4.22. The second-order valence-electron chi connectivity index (χ2n) is 6.72. The lowest BCUT2D eigenvalue weighted by atomic mass is 10.2.